The Morgan fingerprint density at radius 1 is 1.08 bits per heavy atom. The highest BCUT2D eigenvalue weighted by Crippen LogP contribution is 2.48. The summed E-state index contributed by atoms with van der Waals surface area (Å²) >= 11 is 0. The van der Waals surface area contributed by atoms with E-state index in [0.29, 0.717) is 17.9 Å². The monoisotopic (exact) mass is 846 g/mol. The summed E-state index contributed by atoms with van der Waals surface area (Å²) in [6.07, 6.45) is -2.11. The molecule has 2 aromatic rings. The number of alkyl halides is 1. The number of cyclic esters (lactones) is 1. The first-order valence-corrected chi connectivity index (χ1v) is 20.2. The molecular weight excluding hydrogens is 787 g/mol. The highest BCUT2D eigenvalue weighted by Gasteiger charge is 2.63. The van der Waals surface area contributed by atoms with E-state index in [4.69, 9.17) is 38.8 Å². The topological polar surface area (TPSA) is 237 Å². The second-order valence-electron chi connectivity index (χ2n) is 17.0. The molecule has 3 saturated heterocycles. The van der Waals surface area contributed by atoms with Crippen molar-refractivity contribution in [1.82, 2.24) is 20.0 Å². The number of Topliss-reactive ketones (excluding diaryl/α,β-unsaturated/α-hetero) is 2. The standard InChI is InChI=1S/C41H59FN6O12/c1-12-27-41(8)29(28(36(52)59-41)34(43)47-55-19-24-17-25(46-60-24)35-44-14-13-15-45-35)22(4)30(49)20(2)18-39(6,54-11)33(23(5)32(51)40(7,42)38(53)57-27)58-37-31(50)26(48(9)10)16-21(3)56-37/h13-15,17,20-23,26-29,31,33,37,50H,12,16,18-19H2,1-11H3,(H2,43,47)/t20-,21-,22-,23+,26+,27+,28-,29+,31-,33-,37?,39-,40+,41-/m1/s1. The normalized spacial score (nSPS) is 38.6. The lowest BCUT2D eigenvalue weighted by molar-refractivity contribution is -0.295. The molecule has 1 unspecified atom stereocenters. The summed E-state index contributed by atoms with van der Waals surface area (Å²) in [5.74, 6) is -9.61. The number of hydrogen-bond donors (Lipinski definition) is 2. The predicted molar refractivity (Wildman–Crippen MR) is 210 cm³/mol. The number of nitrogens with two attached hydrogens (primary N) is 1. The van der Waals surface area contributed by atoms with Gasteiger partial charge in [0.2, 0.25) is 0 Å². The van der Waals surface area contributed by atoms with Gasteiger partial charge in [-0.15, -0.1) is 0 Å². The number of aliphatic hydroxyl groups excluding tert-OH is 1. The van der Waals surface area contributed by atoms with Crippen LogP contribution >= 0.6 is 0 Å². The van der Waals surface area contributed by atoms with Gasteiger partial charge in [-0.25, -0.2) is 19.2 Å². The Kier molecular flexibility index (Phi) is 14.2. The smallest absolute Gasteiger partial charge is 0.351 e. The van der Waals surface area contributed by atoms with Crippen LogP contribution in [0.5, 0.6) is 0 Å². The van der Waals surface area contributed by atoms with Crippen molar-refractivity contribution >= 4 is 29.3 Å². The summed E-state index contributed by atoms with van der Waals surface area (Å²) < 4.78 is 52.5. The fourth-order valence-electron chi connectivity index (χ4n) is 9.09. The van der Waals surface area contributed by atoms with Gasteiger partial charge < -0.3 is 48.8 Å². The first-order valence-electron chi connectivity index (χ1n) is 20.2. The number of methoxy groups -OCH3 is 1. The molecule has 0 bridgehead atoms. The maximum atomic E-state index is 16.9. The van der Waals surface area contributed by atoms with Crippen molar-refractivity contribution in [2.75, 3.05) is 21.2 Å². The van der Waals surface area contributed by atoms with Gasteiger partial charge in [0.05, 0.1) is 17.8 Å². The highest BCUT2D eigenvalue weighted by atomic mass is 19.1. The zero-order chi connectivity index (χ0) is 44.5. The van der Waals surface area contributed by atoms with Crippen LogP contribution in [0.4, 0.5) is 4.39 Å². The first-order chi connectivity index (χ1) is 28.1. The molecule has 3 aliphatic heterocycles. The molecule has 14 atom stereocenters. The number of nitrogens with zero attached hydrogens (tertiary/aromatic N) is 5. The third kappa shape index (κ3) is 9.10. The molecule has 0 radical (unpaired) electrons. The molecule has 332 valence electrons. The Hall–Kier alpha value is -4.43. The number of hydrogen-bond acceptors (Lipinski definition) is 17. The molecule has 0 saturated carbocycles. The number of ether oxygens (including phenoxy) is 5. The first kappa shape index (κ1) is 46.6. The average Bonchev–Trinajstić information content (AvgIpc) is 3.79. The maximum absolute atomic E-state index is 16.9. The largest absolute Gasteiger partial charge is 0.455 e. The number of aromatic nitrogens is 3. The lowest BCUT2D eigenvalue weighted by Crippen LogP contribution is -2.61. The summed E-state index contributed by atoms with van der Waals surface area (Å²) in [5.41, 5.74) is 0.278. The van der Waals surface area contributed by atoms with E-state index in [2.05, 4.69) is 20.3 Å². The van der Waals surface area contributed by atoms with E-state index in [1.807, 2.05) is 11.8 Å². The van der Waals surface area contributed by atoms with Crippen molar-refractivity contribution in [2.24, 2.45) is 40.5 Å². The Bertz CT molecular complexity index is 1900. The van der Waals surface area contributed by atoms with Crippen LogP contribution in [0.3, 0.4) is 0 Å². The number of ketones is 2. The second-order valence-corrected chi connectivity index (χ2v) is 17.0. The van der Waals surface area contributed by atoms with Crippen molar-refractivity contribution in [2.45, 2.75) is 135 Å². The zero-order valence-electron chi connectivity index (χ0n) is 36.1. The summed E-state index contributed by atoms with van der Waals surface area (Å²) in [5, 5.41) is 19.4. The van der Waals surface area contributed by atoms with Gasteiger partial charge in [0.1, 0.15) is 23.9 Å². The fraction of sp³-hybridized carbons (Fsp3) is 0.707. The van der Waals surface area contributed by atoms with Crippen LogP contribution in [0.25, 0.3) is 11.5 Å². The molecule has 5 rings (SSSR count). The van der Waals surface area contributed by atoms with Gasteiger partial charge in [-0.1, -0.05) is 38.0 Å². The van der Waals surface area contributed by atoms with Crippen LogP contribution in [-0.2, 0) is 54.3 Å². The molecule has 3 aliphatic rings. The lowest BCUT2D eigenvalue weighted by Gasteiger charge is -2.47. The Morgan fingerprint density at radius 3 is 2.37 bits per heavy atom. The van der Waals surface area contributed by atoms with Gasteiger partial charge in [0.15, 0.2) is 47.4 Å². The Balaban J connectivity index is 1.52. The summed E-state index contributed by atoms with van der Waals surface area (Å²) in [7, 11) is 4.96. The number of carbonyl (C=O) groups excluding carboxylic acids is 4. The van der Waals surface area contributed by atoms with Crippen molar-refractivity contribution in [1.29, 1.82) is 0 Å². The van der Waals surface area contributed by atoms with Crippen molar-refractivity contribution in [3.05, 3.63) is 30.3 Å². The number of halogens is 1. The van der Waals surface area contributed by atoms with Gasteiger partial charge in [-0.3, -0.25) is 14.4 Å². The highest BCUT2D eigenvalue weighted by molar-refractivity contribution is 6.08. The van der Waals surface area contributed by atoms with Crippen molar-refractivity contribution < 1.29 is 61.7 Å². The fourth-order valence-corrected chi connectivity index (χ4v) is 9.09. The number of aliphatic hydroxyl groups is 1. The Labute approximate surface area is 349 Å². The number of carbonyl (C=O) groups is 4. The number of rotatable bonds is 10. The second kappa shape index (κ2) is 18.3. The number of oxime groups is 1. The summed E-state index contributed by atoms with van der Waals surface area (Å²) in [6, 6.07) is 2.80. The number of amidine groups is 1. The molecule has 18 nitrogen and oxygen atoms in total. The molecule has 60 heavy (non-hydrogen) atoms. The molecule has 0 amide bonds. The minimum atomic E-state index is -3.25. The van der Waals surface area contributed by atoms with Gasteiger partial charge in [0, 0.05) is 55.3 Å². The minimum absolute atomic E-state index is 0.0167. The van der Waals surface area contributed by atoms with E-state index in [1.165, 1.54) is 21.0 Å². The van der Waals surface area contributed by atoms with Gasteiger partial charge >= 0.3 is 11.9 Å². The van der Waals surface area contributed by atoms with E-state index in [0.717, 1.165) is 6.92 Å². The zero-order valence-corrected chi connectivity index (χ0v) is 36.1. The van der Waals surface area contributed by atoms with Crippen LogP contribution in [0.1, 0.15) is 80.4 Å². The molecule has 0 spiro atoms. The third-order valence-electron chi connectivity index (χ3n) is 12.4. The van der Waals surface area contributed by atoms with Crippen LogP contribution in [0.15, 0.2) is 34.2 Å². The number of esters is 2. The predicted octanol–water partition coefficient (Wildman–Crippen LogP) is 3.18. The quantitative estimate of drug-likeness (QED) is 0.115. The van der Waals surface area contributed by atoms with E-state index in [-0.39, 0.29) is 42.9 Å². The molecule has 0 aromatic carbocycles. The molecule has 0 aliphatic carbocycles. The third-order valence-corrected chi connectivity index (χ3v) is 12.4. The van der Waals surface area contributed by atoms with Crippen LogP contribution in [0.2, 0.25) is 0 Å². The average molecular weight is 847 g/mol. The van der Waals surface area contributed by atoms with Crippen molar-refractivity contribution in [3.8, 4) is 11.5 Å². The van der Waals surface area contributed by atoms with E-state index < -0.39 is 94.8 Å². The molecule has 2 aromatic heterocycles. The molecular formula is C41H59FN6O12. The van der Waals surface area contributed by atoms with E-state index >= 15 is 4.39 Å². The molecule has 3 N–H and O–H groups in total. The van der Waals surface area contributed by atoms with Gasteiger partial charge in [-0.2, -0.15) is 0 Å². The summed E-state index contributed by atoms with van der Waals surface area (Å²) in [6.45, 7) is 11.7. The van der Waals surface area contributed by atoms with Gasteiger partial charge in [0.25, 0.3) is 5.67 Å². The summed E-state index contributed by atoms with van der Waals surface area (Å²) in [4.78, 5) is 72.3. The minimum Gasteiger partial charge on any atom is -0.455 e. The van der Waals surface area contributed by atoms with Crippen LogP contribution in [-0.4, -0.2) is 129 Å². The van der Waals surface area contributed by atoms with E-state index in [1.54, 1.807) is 66.3 Å². The SMILES string of the molecule is CC[C@@H]1OC(=O)[C@@](C)(F)C(=O)[C@H](C)[C@@H](OC2O[C@H](C)C[C@H](N(C)C)[C@H]2O)[C@](C)(OC)C[C@@H](C)C(=O)[C@H](C)[C@H]2[C@H](/C(N)=N/OCc3cc(-c4ncccn4)no3)C(=O)O[C@@]21C. The molecule has 19 heteroatoms. The number of likely N-dealkylation sites (N-methyl/N-ethyl adjacent to an activating group) is 1. The molecule has 3 fully saturated rings. The van der Waals surface area contributed by atoms with Crippen LogP contribution < -0.4 is 5.73 Å². The Morgan fingerprint density at radius 2 is 1.75 bits per heavy atom. The number of fused-ring (bicyclic) bond motifs is 1. The molecule has 5 heterocycles. The van der Waals surface area contributed by atoms with Crippen molar-refractivity contribution in [3.63, 3.8) is 0 Å². The van der Waals surface area contributed by atoms with Gasteiger partial charge in [-0.05, 0) is 67.1 Å². The maximum Gasteiger partial charge on any atom is 0.351 e. The van der Waals surface area contributed by atoms with Crippen LogP contribution in [0, 0.1) is 29.6 Å². The lowest BCUT2D eigenvalue weighted by atomic mass is 9.67. The van der Waals surface area contributed by atoms with E-state index in [9.17, 15) is 24.3 Å².